The van der Waals surface area contributed by atoms with E-state index < -0.39 is 0 Å². The van der Waals surface area contributed by atoms with E-state index in [2.05, 4.69) is 11.4 Å². The molecular weight excluding hydrogens is 340 g/mol. The number of nitrogens with zero attached hydrogens (tertiary/aromatic N) is 1. The van der Waals surface area contributed by atoms with Crippen molar-refractivity contribution in [1.29, 1.82) is 0 Å². The van der Waals surface area contributed by atoms with E-state index in [1.54, 1.807) is 30.2 Å². The molecule has 1 atom stereocenters. The zero-order chi connectivity index (χ0) is 17.8. The molecule has 0 saturated carbocycles. The van der Waals surface area contributed by atoms with Crippen LogP contribution in [0.1, 0.15) is 32.1 Å². The van der Waals surface area contributed by atoms with Gasteiger partial charge in [0.2, 0.25) is 11.8 Å². The van der Waals surface area contributed by atoms with Crippen molar-refractivity contribution < 1.29 is 14.3 Å². The smallest absolute Gasteiger partial charge is 0.227 e. The Hall–Kier alpha value is -2.01. The van der Waals surface area contributed by atoms with Crippen molar-refractivity contribution in [2.24, 2.45) is 5.92 Å². The number of hydrogen-bond donors (Lipinski definition) is 1. The molecule has 6 heteroatoms. The minimum Gasteiger partial charge on any atom is -0.495 e. The summed E-state index contributed by atoms with van der Waals surface area (Å²) in [6.45, 7) is 0.976. The number of amides is 2. The van der Waals surface area contributed by atoms with Gasteiger partial charge in [-0.1, -0.05) is 23.3 Å². The molecule has 25 heavy (non-hydrogen) atoms. The van der Waals surface area contributed by atoms with E-state index in [0.717, 1.165) is 12.8 Å². The van der Waals surface area contributed by atoms with Crippen LogP contribution >= 0.6 is 11.6 Å². The summed E-state index contributed by atoms with van der Waals surface area (Å²) in [5.74, 6) is 0.130. The minimum absolute atomic E-state index is 0.0538. The van der Waals surface area contributed by atoms with E-state index in [0.29, 0.717) is 29.5 Å². The van der Waals surface area contributed by atoms with Crippen molar-refractivity contribution in [2.75, 3.05) is 25.1 Å². The van der Waals surface area contributed by atoms with Crippen molar-refractivity contribution >= 4 is 29.1 Å². The lowest BCUT2D eigenvalue weighted by Gasteiger charge is -2.18. The molecule has 1 saturated heterocycles. The monoisotopic (exact) mass is 362 g/mol. The first-order valence-corrected chi connectivity index (χ1v) is 9.06. The van der Waals surface area contributed by atoms with Crippen LogP contribution in [-0.4, -0.2) is 32.0 Å². The number of anilines is 1. The molecule has 1 heterocycles. The van der Waals surface area contributed by atoms with E-state index in [1.807, 2.05) is 0 Å². The third-order valence-electron chi connectivity index (χ3n) is 4.82. The van der Waals surface area contributed by atoms with Gasteiger partial charge in [-0.2, -0.15) is 0 Å². The van der Waals surface area contributed by atoms with E-state index in [-0.39, 0.29) is 24.2 Å². The van der Waals surface area contributed by atoms with Crippen molar-refractivity contribution in [3.63, 3.8) is 0 Å². The topological polar surface area (TPSA) is 58.6 Å². The molecule has 1 N–H and O–H groups in total. The first-order valence-electron chi connectivity index (χ1n) is 8.68. The number of ether oxygens (including phenoxy) is 1. The van der Waals surface area contributed by atoms with Crippen LogP contribution in [0.3, 0.4) is 0 Å². The Balaban J connectivity index is 1.60. The van der Waals surface area contributed by atoms with Crippen molar-refractivity contribution in [1.82, 2.24) is 5.32 Å². The lowest BCUT2D eigenvalue weighted by molar-refractivity contribution is -0.126. The van der Waals surface area contributed by atoms with Crippen molar-refractivity contribution in [3.8, 4) is 5.75 Å². The van der Waals surface area contributed by atoms with E-state index in [4.69, 9.17) is 16.3 Å². The molecule has 5 nitrogen and oxygen atoms in total. The predicted molar refractivity (Wildman–Crippen MR) is 98.0 cm³/mol. The molecule has 0 aromatic heterocycles. The van der Waals surface area contributed by atoms with Crippen LogP contribution in [0.5, 0.6) is 5.75 Å². The number of benzene rings is 1. The highest BCUT2D eigenvalue weighted by molar-refractivity contribution is 6.32. The van der Waals surface area contributed by atoms with Gasteiger partial charge in [0.05, 0.1) is 18.1 Å². The maximum absolute atomic E-state index is 12.4. The largest absolute Gasteiger partial charge is 0.495 e. The lowest BCUT2D eigenvalue weighted by Crippen LogP contribution is -2.34. The fourth-order valence-corrected chi connectivity index (χ4v) is 3.62. The molecule has 1 fully saturated rings. The fraction of sp³-hybridized carbons (Fsp3) is 0.474. The Morgan fingerprint density at radius 1 is 1.40 bits per heavy atom. The van der Waals surface area contributed by atoms with Gasteiger partial charge in [0.15, 0.2) is 0 Å². The molecule has 1 aromatic rings. The minimum atomic E-state index is -0.322. The predicted octanol–water partition coefficient (Wildman–Crippen LogP) is 3.32. The highest BCUT2D eigenvalue weighted by Crippen LogP contribution is 2.32. The van der Waals surface area contributed by atoms with Crippen LogP contribution in [-0.2, 0) is 9.59 Å². The maximum Gasteiger partial charge on any atom is 0.227 e. The third-order valence-corrected chi connectivity index (χ3v) is 5.11. The van der Waals surface area contributed by atoms with Gasteiger partial charge in [-0.3, -0.25) is 9.59 Å². The highest BCUT2D eigenvalue weighted by atomic mass is 35.5. The molecule has 2 amide bonds. The average molecular weight is 363 g/mol. The summed E-state index contributed by atoms with van der Waals surface area (Å²) in [6.07, 6.45) is 7.02. The van der Waals surface area contributed by atoms with Gasteiger partial charge < -0.3 is 15.0 Å². The first kappa shape index (κ1) is 17.8. The number of methoxy groups -OCH3 is 1. The van der Waals surface area contributed by atoms with Gasteiger partial charge in [-0.25, -0.2) is 0 Å². The fourth-order valence-electron chi connectivity index (χ4n) is 3.37. The van der Waals surface area contributed by atoms with Crippen LogP contribution in [0, 0.1) is 5.92 Å². The molecule has 1 aliphatic carbocycles. The number of hydrogen-bond acceptors (Lipinski definition) is 3. The van der Waals surface area contributed by atoms with Gasteiger partial charge in [0.1, 0.15) is 5.75 Å². The van der Waals surface area contributed by atoms with Crippen molar-refractivity contribution in [3.05, 3.63) is 34.9 Å². The third kappa shape index (κ3) is 4.15. The maximum atomic E-state index is 12.4. The zero-order valence-corrected chi connectivity index (χ0v) is 15.1. The van der Waals surface area contributed by atoms with Crippen LogP contribution in [0.4, 0.5) is 5.69 Å². The highest BCUT2D eigenvalue weighted by Gasteiger charge is 2.35. The molecule has 3 rings (SSSR count). The van der Waals surface area contributed by atoms with Crippen LogP contribution in [0.15, 0.2) is 29.8 Å². The molecule has 1 aliphatic heterocycles. The number of allylic oxidation sites excluding steroid dienone is 1. The molecule has 0 spiro atoms. The summed E-state index contributed by atoms with van der Waals surface area (Å²) >= 11 is 6.14. The second-order valence-electron chi connectivity index (χ2n) is 6.55. The Bertz CT molecular complexity index is 702. The lowest BCUT2D eigenvalue weighted by atomic mass is 9.99. The molecule has 0 unspecified atom stereocenters. The van der Waals surface area contributed by atoms with Gasteiger partial charge in [0, 0.05) is 25.2 Å². The second-order valence-corrected chi connectivity index (χ2v) is 6.96. The second kappa shape index (κ2) is 7.91. The van der Waals surface area contributed by atoms with Crippen LogP contribution < -0.4 is 15.0 Å². The quantitative estimate of drug-likeness (QED) is 0.817. The summed E-state index contributed by atoms with van der Waals surface area (Å²) < 4.78 is 5.13. The van der Waals surface area contributed by atoms with Crippen LogP contribution in [0.2, 0.25) is 5.02 Å². The normalized spacial score (nSPS) is 20.4. The van der Waals surface area contributed by atoms with Crippen LogP contribution in [0.25, 0.3) is 0 Å². The summed E-state index contributed by atoms with van der Waals surface area (Å²) in [4.78, 5) is 26.4. The average Bonchev–Trinajstić information content (AvgIpc) is 3.02. The Morgan fingerprint density at radius 2 is 2.24 bits per heavy atom. The standard InChI is InChI=1S/C19H23ClN2O3/c1-25-17-8-7-15(10-16(17)20)22-12-14(9-18(22)23)19(24)21-11-13-5-3-2-4-6-13/h5,7-8,10,14H,2-4,6,9,11-12H2,1H3,(H,21,24)/t14-/m1/s1. The first-order chi connectivity index (χ1) is 12.1. The van der Waals surface area contributed by atoms with E-state index in [9.17, 15) is 9.59 Å². The zero-order valence-electron chi connectivity index (χ0n) is 14.4. The molecule has 0 bridgehead atoms. The summed E-state index contributed by atoms with van der Waals surface area (Å²) in [6, 6.07) is 5.22. The Labute approximate surface area is 153 Å². The van der Waals surface area contributed by atoms with Gasteiger partial charge >= 0.3 is 0 Å². The molecule has 1 aromatic carbocycles. The number of carbonyl (C=O) groups excluding carboxylic acids is 2. The number of carbonyl (C=O) groups is 2. The van der Waals surface area contributed by atoms with E-state index >= 15 is 0 Å². The number of halogens is 1. The summed E-state index contributed by atoms with van der Waals surface area (Å²) in [5, 5.41) is 3.43. The van der Waals surface area contributed by atoms with Gasteiger partial charge in [0.25, 0.3) is 0 Å². The number of nitrogens with one attached hydrogen (secondary N) is 1. The number of rotatable bonds is 5. The molecular formula is C19H23ClN2O3. The molecule has 134 valence electrons. The van der Waals surface area contributed by atoms with Crippen molar-refractivity contribution in [2.45, 2.75) is 32.1 Å². The molecule has 2 aliphatic rings. The van der Waals surface area contributed by atoms with Gasteiger partial charge in [-0.05, 0) is 43.9 Å². The van der Waals surface area contributed by atoms with Gasteiger partial charge in [-0.15, -0.1) is 0 Å². The summed E-state index contributed by atoms with van der Waals surface area (Å²) in [7, 11) is 1.55. The summed E-state index contributed by atoms with van der Waals surface area (Å²) in [5.41, 5.74) is 1.99. The Morgan fingerprint density at radius 3 is 2.92 bits per heavy atom. The van der Waals surface area contributed by atoms with E-state index in [1.165, 1.54) is 18.4 Å². The molecule has 0 radical (unpaired) electrons. The SMILES string of the molecule is COc1ccc(N2C[C@H](C(=O)NCC3=CCCCC3)CC2=O)cc1Cl. The Kier molecular flexibility index (Phi) is 5.63.